The number of hydrogen-bond donors (Lipinski definition) is 1. The molecule has 0 bridgehead atoms. The minimum Gasteiger partial charge on any atom is -0.289 e. The highest BCUT2D eigenvalue weighted by Crippen LogP contribution is 2.30. The number of rotatable bonds is 5. The van der Waals surface area contributed by atoms with E-state index in [0.717, 1.165) is 6.07 Å². The van der Waals surface area contributed by atoms with Gasteiger partial charge in [0.2, 0.25) is 15.9 Å². The number of benzene rings is 1. The van der Waals surface area contributed by atoms with Crippen LogP contribution in [0.2, 0.25) is 5.02 Å². The van der Waals surface area contributed by atoms with Crippen molar-refractivity contribution in [2.75, 3.05) is 27.2 Å². The van der Waals surface area contributed by atoms with Crippen LogP contribution < -0.4 is 5.43 Å². The van der Waals surface area contributed by atoms with Crippen LogP contribution in [-0.2, 0) is 14.8 Å². The number of carbonyl (C=O) groups excluding carboxylic acids is 1. The van der Waals surface area contributed by atoms with Gasteiger partial charge in [0.1, 0.15) is 5.02 Å². The summed E-state index contributed by atoms with van der Waals surface area (Å²) in [7, 11) is -0.480. The second kappa shape index (κ2) is 7.65. The van der Waals surface area contributed by atoms with Crippen LogP contribution in [0.3, 0.4) is 0 Å². The Labute approximate surface area is 150 Å². The van der Waals surface area contributed by atoms with Crippen molar-refractivity contribution in [3.63, 3.8) is 0 Å². The highest BCUT2D eigenvalue weighted by Gasteiger charge is 2.33. The molecular formula is C14H19ClN4O5S. The summed E-state index contributed by atoms with van der Waals surface area (Å²) >= 11 is 5.72. The number of nitrogens with zero attached hydrogens (tertiary/aromatic N) is 3. The van der Waals surface area contributed by atoms with Crippen molar-refractivity contribution in [3.8, 4) is 0 Å². The lowest BCUT2D eigenvalue weighted by Gasteiger charge is -2.31. The predicted molar refractivity (Wildman–Crippen MR) is 91.4 cm³/mol. The molecule has 1 aliphatic heterocycles. The molecule has 1 aromatic carbocycles. The Morgan fingerprint density at radius 3 is 2.48 bits per heavy atom. The minimum atomic E-state index is -3.88. The van der Waals surface area contributed by atoms with Gasteiger partial charge < -0.3 is 0 Å². The Hall–Kier alpha value is -1.75. The standard InChI is InChI=1S/C14H19ClN4O5S/c1-17(2)16-14(20)10-5-7-18(8-6-10)25(23,24)11-3-4-12(15)13(9-11)19(21)22/h3-4,9-10H,5-8H2,1-2H3,(H,16,20). The normalized spacial score (nSPS) is 16.8. The van der Waals surface area contributed by atoms with Gasteiger partial charge in [-0.15, -0.1) is 0 Å². The number of nitrogens with one attached hydrogen (secondary N) is 1. The number of hydrogen-bond acceptors (Lipinski definition) is 6. The van der Waals surface area contributed by atoms with E-state index in [1.807, 2.05) is 0 Å². The molecule has 25 heavy (non-hydrogen) atoms. The Morgan fingerprint density at radius 1 is 1.36 bits per heavy atom. The third kappa shape index (κ3) is 4.46. The third-order valence-corrected chi connectivity index (χ3v) is 6.12. The molecule has 1 N–H and O–H groups in total. The van der Waals surface area contributed by atoms with Crippen LogP contribution in [-0.4, -0.2) is 55.7 Å². The third-order valence-electron chi connectivity index (χ3n) is 3.91. The fraction of sp³-hybridized carbons (Fsp3) is 0.500. The fourth-order valence-corrected chi connectivity index (χ4v) is 4.29. The first-order valence-electron chi connectivity index (χ1n) is 7.55. The number of hydrazine groups is 1. The van der Waals surface area contributed by atoms with Gasteiger partial charge in [-0.2, -0.15) is 4.31 Å². The van der Waals surface area contributed by atoms with Crippen molar-refractivity contribution in [2.24, 2.45) is 5.92 Å². The second-order valence-electron chi connectivity index (χ2n) is 5.92. The van der Waals surface area contributed by atoms with Gasteiger partial charge in [0.25, 0.3) is 5.69 Å². The minimum absolute atomic E-state index is 0.122. The van der Waals surface area contributed by atoms with E-state index in [4.69, 9.17) is 11.6 Å². The molecule has 0 aliphatic carbocycles. The van der Waals surface area contributed by atoms with Crippen molar-refractivity contribution in [2.45, 2.75) is 17.7 Å². The zero-order valence-electron chi connectivity index (χ0n) is 13.8. The maximum atomic E-state index is 12.7. The van der Waals surface area contributed by atoms with E-state index in [1.165, 1.54) is 21.4 Å². The lowest BCUT2D eigenvalue weighted by atomic mass is 9.98. The molecule has 0 atom stereocenters. The summed E-state index contributed by atoms with van der Waals surface area (Å²) in [6, 6.07) is 3.40. The average molecular weight is 391 g/mol. The van der Waals surface area contributed by atoms with Gasteiger partial charge >= 0.3 is 0 Å². The largest absolute Gasteiger partial charge is 0.289 e. The molecule has 1 amide bonds. The van der Waals surface area contributed by atoms with Crippen LogP contribution in [0.5, 0.6) is 0 Å². The van der Waals surface area contributed by atoms with Crippen LogP contribution in [0.25, 0.3) is 0 Å². The molecular weight excluding hydrogens is 372 g/mol. The molecule has 1 fully saturated rings. The van der Waals surface area contributed by atoms with Gasteiger partial charge in [0, 0.05) is 39.2 Å². The molecule has 11 heteroatoms. The predicted octanol–water partition coefficient (Wildman–Crippen LogP) is 1.24. The highest BCUT2D eigenvalue weighted by atomic mass is 35.5. The van der Waals surface area contributed by atoms with Crippen LogP contribution in [0, 0.1) is 16.0 Å². The molecule has 0 spiro atoms. The van der Waals surface area contributed by atoms with Crippen molar-refractivity contribution < 1.29 is 18.1 Å². The van der Waals surface area contributed by atoms with E-state index in [1.54, 1.807) is 14.1 Å². The topological polar surface area (TPSA) is 113 Å². The van der Waals surface area contributed by atoms with E-state index in [2.05, 4.69) is 5.43 Å². The zero-order chi connectivity index (χ0) is 18.8. The summed E-state index contributed by atoms with van der Waals surface area (Å²) < 4.78 is 26.6. The first kappa shape index (κ1) is 19.6. The molecule has 1 saturated heterocycles. The molecule has 1 aliphatic rings. The summed E-state index contributed by atoms with van der Waals surface area (Å²) in [6.45, 7) is 0.342. The molecule has 0 unspecified atom stereocenters. The van der Waals surface area contributed by atoms with Crippen LogP contribution in [0.4, 0.5) is 5.69 Å². The van der Waals surface area contributed by atoms with Gasteiger partial charge in [-0.25, -0.2) is 13.4 Å². The van der Waals surface area contributed by atoms with Gasteiger partial charge in [-0.05, 0) is 25.0 Å². The molecule has 2 rings (SSSR count). The maximum absolute atomic E-state index is 12.7. The first-order valence-corrected chi connectivity index (χ1v) is 9.36. The number of piperidine rings is 1. The van der Waals surface area contributed by atoms with Crippen LogP contribution >= 0.6 is 11.6 Å². The number of nitro benzene ring substituents is 1. The van der Waals surface area contributed by atoms with Crippen molar-refractivity contribution in [3.05, 3.63) is 33.3 Å². The van der Waals surface area contributed by atoms with Gasteiger partial charge in [-0.1, -0.05) is 11.6 Å². The summed E-state index contributed by atoms with van der Waals surface area (Å²) in [4.78, 5) is 22.0. The quantitative estimate of drug-likeness (QED) is 0.597. The van der Waals surface area contributed by atoms with Crippen LogP contribution in [0.15, 0.2) is 23.1 Å². The summed E-state index contributed by atoms with van der Waals surface area (Å²) in [5, 5.41) is 12.4. The lowest BCUT2D eigenvalue weighted by molar-refractivity contribution is -0.384. The van der Waals surface area contributed by atoms with Gasteiger partial charge in [0.05, 0.1) is 9.82 Å². The molecule has 138 valence electrons. The van der Waals surface area contributed by atoms with Crippen molar-refractivity contribution in [1.29, 1.82) is 0 Å². The molecule has 0 saturated carbocycles. The molecule has 1 heterocycles. The smallest absolute Gasteiger partial charge is 0.289 e. The number of carbonyl (C=O) groups is 1. The van der Waals surface area contributed by atoms with E-state index in [0.29, 0.717) is 12.8 Å². The first-order chi connectivity index (χ1) is 11.6. The molecule has 0 radical (unpaired) electrons. The number of amides is 1. The van der Waals surface area contributed by atoms with E-state index in [-0.39, 0.29) is 34.8 Å². The van der Waals surface area contributed by atoms with Crippen molar-refractivity contribution >= 4 is 33.2 Å². The fourth-order valence-electron chi connectivity index (χ4n) is 2.61. The summed E-state index contributed by atoms with van der Waals surface area (Å²) in [5.41, 5.74) is 2.21. The average Bonchev–Trinajstić information content (AvgIpc) is 2.54. The number of nitro groups is 1. The summed E-state index contributed by atoms with van der Waals surface area (Å²) in [6.07, 6.45) is 0.767. The van der Waals surface area contributed by atoms with E-state index in [9.17, 15) is 23.3 Å². The van der Waals surface area contributed by atoms with Gasteiger partial charge in [-0.3, -0.25) is 20.3 Å². The van der Waals surface area contributed by atoms with Crippen LogP contribution in [0.1, 0.15) is 12.8 Å². The highest BCUT2D eigenvalue weighted by molar-refractivity contribution is 7.89. The Kier molecular flexibility index (Phi) is 5.99. The zero-order valence-corrected chi connectivity index (χ0v) is 15.4. The molecule has 1 aromatic rings. The number of sulfonamides is 1. The monoisotopic (exact) mass is 390 g/mol. The van der Waals surface area contributed by atoms with Crippen molar-refractivity contribution in [1.82, 2.24) is 14.7 Å². The summed E-state index contributed by atoms with van der Waals surface area (Å²) in [5.74, 6) is -0.419. The van der Waals surface area contributed by atoms with E-state index >= 15 is 0 Å². The molecule has 0 aromatic heterocycles. The SMILES string of the molecule is CN(C)NC(=O)C1CCN(S(=O)(=O)c2ccc(Cl)c([N+](=O)[O-])c2)CC1. The molecule has 9 nitrogen and oxygen atoms in total. The van der Waals surface area contributed by atoms with E-state index < -0.39 is 20.6 Å². The number of halogens is 1. The lowest BCUT2D eigenvalue weighted by Crippen LogP contribution is -2.46. The van der Waals surface area contributed by atoms with Gasteiger partial charge in [0.15, 0.2) is 0 Å². The second-order valence-corrected chi connectivity index (χ2v) is 8.26. The Bertz CT molecular complexity index is 775. The maximum Gasteiger partial charge on any atom is 0.289 e. The Balaban J connectivity index is 2.13. The Morgan fingerprint density at radius 2 is 1.96 bits per heavy atom.